The van der Waals surface area contributed by atoms with Gasteiger partial charge in [-0.15, -0.1) is 0 Å². The Kier molecular flexibility index (Phi) is 7.28. The van der Waals surface area contributed by atoms with E-state index >= 15 is 0 Å². The highest BCUT2D eigenvalue weighted by Gasteiger charge is 2.25. The number of carbonyl (C=O) groups is 1. The van der Waals surface area contributed by atoms with E-state index < -0.39 is 6.04 Å². The summed E-state index contributed by atoms with van der Waals surface area (Å²) in [5.41, 5.74) is 5.81. The van der Waals surface area contributed by atoms with Gasteiger partial charge in [0.15, 0.2) is 0 Å². The van der Waals surface area contributed by atoms with E-state index in [0.29, 0.717) is 18.9 Å². The first-order chi connectivity index (χ1) is 8.67. The predicted molar refractivity (Wildman–Crippen MR) is 71.2 cm³/mol. The van der Waals surface area contributed by atoms with Gasteiger partial charge in [0, 0.05) is 13.7 Å². The zero-order valence-corrected chi connectivity index (χ0v) is 11.7. The molecule has 4 heteroatoms. The van der Waals surface area contributed by atoms with Gasteiger partial charge in [-0.1, -0.05) is 19.8 Å². The van der Waals surface area contributed by atoms with E-state index in [0.717, 1.165) is 25.7 Å². The van der Waals surface area contributed by atoms with Gasteiger partial charge in [0.1, 0.15) is 12.1 Å². The van der Waals surface area contributed by atoms with E-state index in [-0.39, 0.29) is 12.1 Å². The van der Waals surface area contributed by atoms with E-state index in [1.807, 2.05) is 0 Å². The number of methoxy groups -OCH3 is 1. The van der Waals surface area contributed by atoms with E-state index in [2.05, 4.69) is 6.92 Å². The lowest BCUT2D eigenvalue weighted by molar-refractivity contribution is -0.153. The fraction of sp³-hybridized carbons (Fsp3) is 0.929. The largest absolute Gasteiger partial charge is 0.461 e. The lowest BCUT2D eigenvalue weighted by Crippen LogP contribution is -2.36. The molecule has 4 nitrogen and oxygen atoms in total. The van der Waals surface area contributed by atoms with Crippen LogP contribution in [0.3, 0.4) is 0 Å². The highest BCUT2D eigenvalue weighted by Crippen LogP contribution is 2.28. The molecule has 0 aromatic carbocycles. The van der Waals surface area contributed by atoms with Crippen LogP contribution < -0.4 is 5.73 Å². The van der Waals surface area contributed by atoms with Crippen LogP contribution in [0.25, 0.3) is 0 Å². The molecule has 106 valence electrons. The van der Waals surface area contributed by atoms with Crippen molar-refractivity contribution in [3.8, 4) is 0 Å². The second-order valence-electron chi connectivity index (χ2n) is 5.24. The van der Waals surface area contributed by atoms with Gasteiger partial charge in [-0.25, -0.2) is 0 Å². The predicted octanol–water partition coefficient (Wildman–Crippen LogP) is 2.25. The summed E-state index contributed by atoms with van der Waals surface area (Å²) in [5.74, 6) is 0.467. The summed E-state index contributed by atoms with van der Waals surface area (Å²) < 4.78 is 10.5. The van der Waals surface area contributed by atoms with E-state index in [1.165, 1.54) is 12.8 Å². The monoisotopic (exact) mass is 257 g/mol. The summed E-state index contributed by atoms with van der Waals surface area (Å²) in [5, 5.41) is 0. The van der Waals surface area contributed by atoms with Gasteiger partial charge >= 0.3 is 5.97 Å². The summed E-state index contributed by atoms with van der Waals surface area (Å²) in [7, 11) is 1.65. The normalized spacial score (nSPS) is 25.7. The minimum Gasteiger partial charge on any atom is -0.461 e. The molecule has 3 atom stereocenters. The van der Waals surface area contributed by atoms with Crippen molar-refractivity contribution in [3.05, 3.63) is 0 Å². The molecule has 0 bridgehead atoms. The molecule has 3 unspecified atom stereocenters. The second-order valence-corrected chi connectivity index (χ2v) is 5.24. The van der Waals surface area contributed by atoms with Crippen LogP contribution in [0, 0.1) is 5.92 Å². The molecule has 0 spiro atoms. The lowest BCUT2D eigenvalue weighted by Gasteiger charge is -2.29. The minimum atomic E-state index is -0.498. The molecule has 1 aliphatic carbocycles. The molecule has 1 rings (SSSR count). The van der Waals surface area contributed by atoms with Gasteiger partial charge in [0.2, 0.25) is 0 Å². The van der Waals surface area contributed by atoms with Crippen LogP contribution in [-0.2, 0) is 14.3 Å². The molecule has 0 radical (unpaired) electrons. The Morgan fingerprint density at radius 2 is 2.22 bits per heavy atom. The zero-order chi connectivity index (χ0) is 13.4. The maximum Gasteiger partial charge on any atom is 0.323 e. The molecule has 0 aromatic heterocycles. The summed E-state index contributed by atoms with van der Waals surface area (Å²) >= 11 is 0. The number of rotatable bonds is 7. The molecular formula is C14H27NO3. The van der Waals surface area contributed by atoms with Crippen molar-refractivity contribution in [2.24, 2.45) is 11.7 Å². The van der Waals surface area contributed by atoms with Crippen LogP contribution >= 0.6 is 0 Å². The first kappa shape index (κ1) is 15.4. The van der Waals surface area contributed by atoms with Gasteiger partial charge in [0.25, 0.3) is 0 Å². The highest BCUT2D eigenvalue weighted by molar-refractivity contribution is 5.75. The topological polar surface area (TPSA) is 61.5 Å². The van der Waals surface area contributed by atoms with Crippen LogP contribution in [-0.4, -0.2) is 31.8 Å². The second kappa shape index (κ2) is 8.48. The van der Waals surface area contributed by atoms with E-state index in [1.54, 1.807) is 7.11 Å². The van der Waals surface area contributed by atoms with Crippen LogP contribution in [0.1, 0.15) is 51.9 Å². The lowest BCUT2D eigenvalue weighted by atomic mass is 9.85. The summed E-state index contributed by atoms with van der Waals surface area (Å²) in [6.07, 6.45) is 7.13. The van der Waals surface area contributed by atoms with Crippen molar-refractivity contribution in [2.45, 2.75) is 64.0 Å². The van der Waals surface area contributed by atoms with Gasteiger partial charge in [-0.05, 0) is 38.0 Å². The third-order valence-corrected chi connectivity index (χ3v) is 3.76. The number of hydrogen-bond donors (Lipinski definition) is 1. The van der Waals surface area contributed by atoms with Crippen molar-refractivity contribution >= 4 is 5.97 Å². The Balaban J connectivity index is 2.25. The molecule has 1 aliphatic rings. The molecule has 0 aromatic rings. The average Bonchev–Trinajstić information content (AvgIpc) is 2.39. The van der Waals surface area contributed by atoms with Crippen molar-refractivity contribution in [3.63, 3.8) is 0 Å². The first-order valence-electron chi connectivity index (χ1n) is 7.12. The molecular weight excluding hydrogens is 230 g/mol. The third kappa shape index (κ3) is 5.36. The number of ether oxygens (including phenoxy) is 2. The van der Waals surface area contributed by atoms with Crippen LogP contribution in [0.4, 0.5) is 0 Å². The maximum absolute atomic E-state index is 11.8. The van der Waals surface area contributed by atoms with Gasteiger partial charge in [-0.2, -0.15) is 0 Å². The highest BCUT2D eigenvalue weighted by atomic mass is 16.5. The van der Waals surface area contributed by atoms with Crippen molar-refractivity contribution < 1.29 is 14.3 Å². The summed E-state index contributed by atoms with van der Waals surface area (Å²) in [6, 6.07) is -0.498. The van der Waals surface area contributed by atoms with Gasteiger partial charge in [-0.3, -0.25) is 4.79 Å². The number of nitrogens with two attached hydrogens (primary N) is 1. The van der Waals surface area contributed by atoms with Crippen molar-refractivity contribution in [1.29, 1.82) is 0 Å². The fourth-order valence-corrected chi connectivity index (χ4v) is 2.54. The number of esters is 1. The van der Waals surface area contributed by atoms with Gasteiger partial charge in [0.05, 0.1) is 0 Å². The zero-order valence-electron chi connectivity index (χ0n) is 11.7. The minimum absolute atomic E-state index is 0.0877. The number of hydrogen-bond acceptors (Lipinski definition) is 4. The Morgan fingerprint density at radius 1 is 1.44 bits per heavy atom. The van der Waals surface area contributed by atoms with Gasteiger partial charge < -0.3 is 15.2 Å². The van der Waals surface area contributed by atoms with Crippen molar-refractivity contribution in [2.75, 3.05) is 13.7 Å². The van der Waals surface area contributed by atoms with E-state index in [4.69, 9.17) is 15.2 Å². The molecule has 1 saturated carbocycles. The summed E-state index contributed by atoms with van der Waals surface area (Å²) in [4.78, 5) is 11.8. The van der Waals surface area contributed by atoms with Crippen LogP contribution in [0.5, 0.6) is 0 Å². The Morgan fingerprint density at radius 3 is 2.89 bits per heavy atom. The smallest absolute Gasteiger partial charge is 0.323 e. The fourth-order valence-electron chi connectivity index (χ4n) is 2.54. The Bertz CT molecular complexity index is 245. The standard InChI is InChI=1S/C14H27NO3/c1-3-11-6-4-7-12(10-11)18-14(16)13(15)8-5-9-17-2/h11-13H,3-10,15H2,1-2H3. The molecule has 2 N–H and O–H groups in total. The molecule has 0 aliphatic heterocycles. The van der Waals surface area contributed by atoms with Crippen molar-refractivity contribution in [1.82, 2.24) is 0 Å². The Hall–Kier alpha value is -0.610. The van der Waals surface area contributed by atoms with E-state index in [9.17, 15) is 4.79 Å². The molecule has 0 saturated heterocycles. The quantitative estimate of drug-likeness (QED) is 0.561. The number of carbonyl (C=O) groups excluding carboxylic acids is 1. The Labute approximate surface area is 110 Å². The molecule has 0 heterocycles. The summed E-state index contributed by atoms with van der Waals surface area (Å²) in [6.45, 7) is 2.84. The average molecular weight is 257 g/mol. The third-order valence-electron chi connectivity index (χ3n) is 3.76. The molecule has 0 amide bonds. The SMILES string of the molecule is CCC1CCCC(OC(=O)C(N)CCCOC)C1. The maximum atomic E-state index is 11.8. The molecule has 1 fully saturated rings. The van der Waals surface area contributed by atoms with Crippen LogP contribution in [0.2, 0.25) is 0 Å². The molecule has 18 heavy (non-hydrogen) atoms. The first-order valence-corrected chi connectivity index (χ1v) is 7.12. The van der Waals surface area contributed by atoms with Crippen LogP contribution in [0.15, 0.2) is 0 Å².